The molecule has 1 atom stereocenters. The van der Waals surface area contributed by atoms with E-state index in [0.29, 0.717) is 29.3 Å². The van der Waals surface area contributed by atoms with Gasteiger partial charge in [0.2, 0.25) is 0 Å². The van der Waals surface area contributed by atoms with Gasteiger partial charge in [0.05, 0.1) is 19.8 Å². The summed E-state index contributed by atoms with van der Waals surface area (Å²) in [6.45, 7) is 17.2. The molecular weight excluding hydrogens is 290 g/mol. The van der Waals surface area contributed by atoms with Crippen LogP contribution in [0.1, 0.15) is 48.0 Å². The summed E-state index contributed by atoms with van der Waals surface area (Å²) >= 11 is 0. The van der Waals surface area contributed by atoms with Crippen molar-refractivity contribution in [2.75, 3.05) is 33.0 Å². The van der Waals surface area contributed by atoms with Gasteiger partial charge in [0, 0.05) is 29.2 Å². The molecule has 0 radical (unpaired) electrons. The molecule has 0 saturated heterocycles. The van der Waals surface area contributed by atoms with Crippen LogP contribution in [0, 0.1) is 0 Å². The standard InChI is InChI=1S/C15H33NO2S2/c1-13(2)16-8-10-18-12-11-17-9-7-14(3)19-20-15(4,5)6/h13-14,16H,7-12H2,1-6H3/t14-/m0/s1. The molecule has 0 amide bonds. The summed E-state index contributed by atoms with van der Waals surface area (Å²) in [5, 5.41) is 3.95. The lowest BCUT2D eigenvalue weighted by Gasteiger charge is -2.19. The Morgan fingerprint density at radius 2 is 1.55 bits per heavy atom. The van der Waals surface area contributed by atoms with E-state index in [2.05, 4.69) is 46.9 Å². The lowest BCUT2D eigenvalue weighted by atomic mass is 10.3. The van der Waals surface area contributed by atoms with Gasteiger partial charge in [-0.2, -0.15) is 0 Å². The van der Waals surface area contributed by atoms with Crippen molar-refractivity contribution in [1.29, 1.82) is 0 Å². The fourth-order valence-corrected chi connectivity index (χ4v) is 3.56. The van der Waals surface area contributed by atoms with Gasteiger partial charge in [-0.1, -0.05) is 63.1 Å². The first-order valence-electron chi connectivity index (χ1n) is 7.54. The summed E-state index contributed by atoms with van der Waals surface area (Å²) in [6.07, 6.45) is 1.10. The van der Waals surface area contributed by atoms with Crippen LogP contribution in [0.2, 0.25) is 0 Å². The minimum absolute atomic E-state index is 0.331. The Labute approximate surface area is 133 Å². The van der Waals surface area contributed by atoms with Crippen molar-refractivity contribution in [2.45, 2.75) is 64.0 Å². The fraction of sp³-hybridized carbons (Fsp3) is 1.00. The molecule has 3 nitrogen and oxygen atoms in total. The molecule has 122 valence electrons. The summed E-state index contributed by atoms with van der Waals surface area (Å²) in [5.41, 5.74) is 0. The molecule has 0 aromatic heterocycles. The lowest BCUT2D eigenvalue weighted by molar-refractivity contribution is 0.0477. The largest absolute Gasteiger partial charge is 0.379 e. The Balaban J connectivity index is 3.23. The molecule has 0 aromatic carbocycles. The van der Waals surface area contributed by atoms with Gasteiger partial charge in [0.1, 0.15) is 0 Å². The van der Waals surface area contributed by atoms with E-state index >= 15 is 0 Å². The van der Waals surface area contributed by atoms with E-state index in [4.69, 9.17) is 9.47 Å². The molecule has 0 aliphatic carbocycles. The molecule has 0 unspecified atom stereocenters. The average molecular weight is 324 g/mol. The van der Waals surface area contributed by atoms with Crippen LogP contribution in [-0.2, 0) is 9.47 Å². The molecule has 0 bridgehead atoms. The van der Waals surface area contributed by atoms with Gasteiger partial charge in [-0.05, 0) is 6.42 Å². The van der Waals surface area contributed by atoms with Crippen molar-refractivity contribution in [2.24, 2.45) is 0 Å². The van der Waals surface area contributed by atoms with E-state index in [0.717, 1.165) is 26.2 Å². The molecule has 0 aliphatic heterocycles. The highest BCUT2D eigenvalue weighted by molar-refractivity contribution is 8.77. The molecule has 0 aliphatic rings. The second kappa shape index (κ2) is 12.2. The third-order valence-corrected chi connectivity index (χ3v) is 6.24. The van der Waals surface area contributed by atoms with Gasteiger partial charge in [-0.3, -0.25) is 0 Å². The zero-order valence-electron chi connectivity index (χ0n) is 14.0. The predicted molar refractivity (Wildman–Crippen MR) is 93.8 cm³/mol. The van der Waals surface area contributed by atoms with Crippen LogP contribution in [0.15, 0.2) is 0 Å². The van der Waals surface area contributed by atoms with E-state index in [1.807, 2.05) is 21.6 Å². The van der Waals surface area contributed by atoms with E-state index in [-0.39, 0.29) is 0 Å². The van der Waals surface area contributed by atoms with Gasteiger partial charge in [0.25, 0.3) is 0 Å². The van der Waals surface area contributed by atoms with Crippen LogP contribution in [0.5, 0.6) is 0 Å². The molecule has 0 saturated carbocycles. The number of hydrogen-bond acceptors (Lipinski definition) is 5. The van der Waals surface area contributed by atoms with Gasteiger partial charge in [0.15, 0.2) is 0 Å². The van der Waals surface area contributed by atoms with Crippen LogP contribution >= 0.6 is 21.6 Å². The highest BCUT2D eigenvalue weighted by atomic mass is 33.1. The third kappa shape index (κ3) is 16.6. The fourth-order valence-electron chi connectivity index (χ4n) is 1.27. The number of rotatable bonds is 12. The summed E-state index contributed by atoms with van der Waals surface area (Å²) < 4.78 is 11.4. The zero-order valence-corrected chi connectivity index (χ0v) is 15.7. The normalized spacial score (nSPS) is 13.9. The molecule has 0 fully saturated rings. The maximum absolute atomic E-state index is 5.60. The zero-order chi connectivity index (χ0) is 15.4. The molecular formula is C15H33NO2S2. The third-order valence-electron chi connectivity index (χ3n) is 2.30. The van der Waals surface area contributed by atoms with Gasteiger partial charge >= 0.3 is 0 Å². The molecule has 1 N–H and O–H groups in total. The quantitative estimate of drug-likeness (QED) is 0.434. The maximum Gasteiger partial charge on any atom is 0.0701 e. The van der Waals surface area contributed by atoms with E-state index in [9.17, 15) is 0 Å². The maximum atomic E-state index is 5.60. The summed E-state index contributed by atoms with van der Waals surface area (Å²) in [4.78, 5) is 0. The van der Waals surface area contributed by atoms with Crippen molar-refractivity contribution in [3.05, 3.63) is 0 Å². The second-order valence-corrected chi connectivity index (χ2v) is 9.69. The topological polar surface area (TPSA) is 30.5 Å². The highest BCUT2D eigenvalue weighted by Gasteiger charge is 2.13. The van der Waals surface area contributed by atoms with Crippen LogP contribution < -0.4 is 5.32 Å². The van der Waals surface area contributed by atoms with Crippen LogP contribution in [-0.4, -0.2) is 49.0 Å². The van der Waals surface area contributed by atoms with Crippen molar-refractivity contribution in [3.8, 4) is 0 Å². The lowest BCUT2D eigenvalue weighted by Crippen LogP contribution is -2.27. The minimum atomic E-state index is 0.331. The van der Waals surface area contributed by atoms with E-state index in [1.54, 1.807) is 0 Å². The Morgan fingerprint density at radius 3 is 2.10 bits per heavy atom. The highest BCUT2D eigenvalue weighted by Crippen LogP contribution is 2.38. The SMILES string of the molecule is CC(C)NCCOCCOCC[C@H](C)SSC(C)(C)C. The first kappa shape index (κ1) is 20.6. The number of ether oxygens (including phenoxy) is 2. The summed E-state index contributed by atoms with van der Waals surface area (Å²) in [7, 11) is 3.91. The predicted octanol–water partition coefficient (Wildman–Crippen LogP) is 3.98. The van der Waals surface area contributed by atoms with Crippen molar-refractivity contribution in [3.63, 3.8) is 0 Å². The first-order chi connectivity index (χ1) is 9.31. The molecule has 0 heterocycles. The van der Waals surface area contributed by atoms with Gasteiger partial charge in [-0.15, -0.1) is 0 Å². The Bertz CT molecular complexity index is 220. The van der Waals surface area contributed by atoms with Crippen LogP contribution in [0.4, 0.5) is 0 Å². The monoisotopic (exact) mass is 323 g/mol. The Morgan fingerprint density at radius 1 is 0.950 bits per heavy atom. The van der Waals surface area contributed by atoms with Crippen molar-refractivity contribution < 1.29 is 9.47 Å². The van der Waals surface area contributed by atoms with Crippen molar-refractivity contribution >= 4 is 21.6 Å². The molecule has 5 heteroatoms. The second-order valence-electron chi connectivity index (χ2n) is 6.22. The summed E-state index contributed by atoms with van der Waals surface area (Å²) in [5.74, 6) is 0. The van der Waals surface area contributed by atoms with Crippen molar-refractivity contribution in [1.82, 2.24) is 5.32 Å². The Kier molecular flexibility index (Phi) is 12.5. The average Bonchev–Trinajstić information content (AvgIpc) is 2.33. The van der Waals surface area contributed by atoms with Gasteiger partial charge in [-0.25, -0.2) is 0 Å². The number of nitrogens with one attached hydrogen (secondary N) is 1. The van der Waals surface area contributed by atoms with E-state index < -0.39 is 0 Å². The van der Waals surface area contributed by atoms with Gasteiger partial charge < -0.3 is 14.8 Å². The van der Waals surface area contributed by atoms with Crippen LogP contribution in [0.3, 0.4) is 0 Å². The summed E-state index contributed by atoms with van der Waals surface area (Å²) in [6, 6.07) is 0.528. The number of hydrogen-bond donors (Lipinski definition) is 1. The minimum Gasteiger partial charge on any atom is -0.379 e. The Hall–Kier alpha value is 0.580. The van der Waals surface area contributed by atoms with Crippen LogP contribution in [0.25, 0.3) is 0 Å². The smallest absolute Gasteiger partial charge is 0.0701 e. The molecule has 0 rings (SSSR count). The molecule has 20 heavy (non-hydrogen) atoms. The van der Waals surface area contributed by atoms with E-state index in [1.165, 1.54) is 0 Å². The molecule has 0 aromatic rings. The first-order valence-corrected chi connectivity index (χ1v) is 9.76. The molecule has 0 spiro atoms.